The molecule has 0 spiro atoms. The van der Waals surface area contributed by atoms with Crippen LogP contribution in [0, 0.1) is 17.0 Å². The Morgan fingerprint density at radius 2 is 2.15 bits per heavy atom. The first-order chi connectivity index (χ1) is 13.0. The maximum Gasteiger partial charge on any atom is 0.269 e. The van der Waals surface area contributed by atoms with Gasteiger partial charge in [-0.05, 0) is 42.1 Å². The number of nitrogens with zero attached hydrogens (tertiary/aromatic N) is 3. The molecule has 1 aliphatic rings. The summed E-state index contributed by atoms with van der Waals surface area (Å²) in [6.07, 6.45) is 1.23. The van der Waals surface area contributed by atoms with Gasteiger partial charge in [0.25, 0.3) is 11.6 Å². The van der Waals surface area contributed by atoms with E-state index < -0.39 is 11.1 Å². The van der Waals surface area contributed by atoms with Crippen molar-refractivity contribution in [2.24, 2.45) is 0 Å². The highest BCUT2D eigenvalue weighted by atomic mass is 32.1. The summed E-state index contributed by atoms with van der Waals surface area (Å²) >= 11 is 1.59. The molecule has 27 heavy (non-hydrogen) atoms. The number of thiophene rings is 1. The van der Waals surface area contributed by atoms with Gasteiger partial charge >= 0.3 is 0 Å². The number of non-ortho nitro benzene ring substituents is 1. The number of hydrogen-bond acceptors (Lipinski definition) is 6. The van der Waals surface area contributed by atoms with Crippen LogP contribution in [0.15, 0.2) is 54.0 Å². The fourth-order valence-corrected chi connectivity index (χ4v) is 3.89. The lowest BCUT2D eigenvalue weighted by Crippen LogP contribution is -2.32. The minimum Gasteiger partial charge on any atom is -0.360 e. The Kier molecular flexibility index (Phi) is 4.33. The predicted molar refractivity (Wildman–Crippen MR) is 103 cm³/mol. The van der Waals surface area contributed by atoms with E-state index in [4.69, 9.17) is 0 Å². The maximum absolute atomic E-state index is 12.9. The summed E-state index contributed by atoms with van der Waals surface area (Å²) in [5.74, 6) is -0.0800. The third-order valence-electron chi connectivity index (χ3n) is 4.52. The van der Waals surface area contributed by atoms with Gasteiger partial charge < -0.3 is 10.2 Å². The van der Waals surface area contributed by atoms with Gasteiger partial charge in [-0.25, -0.2) is 0 Å². The molecule has 1 unspecified atom stereocenters. The Bertz CT molecular complexity index is 1020. The second-order valence-electron chi connectivity index (χ2n) is 6.25. The largest absolute Gasteiger partial charge is 0.360 e. The number of hydrogen-bond donors (Lipinski definition) is 1. The smallest absolute Gasteiger partial charge is 0.269 e. The van der Waals surface area contributed by atoms with E-state index >= 15 is 0 Å². The number of aryl methyl sites for hydroxylation is 1. The summed E-state index contributed by atoms with van der Waals surface area (Å²) in [7, 11) is 0. The summed E-state index contributed by atoms with van der Waals surface area (Å²) in [6, 6.07) is 12.1. The van der Waals surface area contributed by atoms with Crippen LogP contribution < -0.4 is 5.32 Å². The van der Waals surface area contributed by atoms with Gasteiger partial charge in [0.1, 0.15) is 6.17 Å². The van der Waals surface area contributed by atoms with E-state index in [9.17, 15) is 14.9 Å². The molecule has 0 saturated heterocycles. The molecule has 0 bridgehead atoms. The van der Waals surface area contributed by atoms with Crippen molar-refractivity contribution in [3.05, 3.63) is 85.9 Å². The molecule has 0 fully saturated rings. The van der Waals surface area contributed by atoms with Gasteiger partial charge in [-0.15, -0.1) is 11.3 Å². The zero-order chi connectivity index (χ0) is 19.0. The number of carbonyl (C=O) groups excluding carboxylic acids is 1. The minimum atomic E-state index is -0.434. The van der Waals surface area contributed by atoms with Crippen LogP contribution in [0.3, 0.4) is 0 Å². The molecule has 3 aromatic rings. The predicted octanol–water partition coefficient (Wildman–Crippen LogP) is 4.13. The van der Waals surface area contributed by atoms with E-state index in [0.717, 1.165) is 16.1 Å². The molecular weight excluding hydrogens is 364 g/mol. The number of fused-ring (bicyclic) bond motifs is 1. The van der Waals surface area contributed by atoms with Crippen molar-refractivity contribution in [1.82, 2.24) is 9.88 Å². The van der Waals surface area contributed by atoms with Crippen LogP contribution >= 0.6 is 11.3 Å². The van der Waals surface area contributed by atoms with E-state index in [0.29, 0.717) is 17.8 Å². The lowest BCUT2D eigenvalue weighted by molar-refractivity contribution is -0.384. The first kappa shape index (κ1) is 17.2. The average molecular weight is 380 g/mol. The summed E-state index contributed by atoms with van der Waals surface area (Å²) in [5, 5.41) is 16.3. The molecule has 0 saturated carbocycles. The summed E-state index contributed by atoms with van der Waals surface area (Å²) < 4.78 is 0. The second-order valence-corrected chi connectivity index (χ2v) is 7.28. The van der Waals surface area contributed by atoms with Crippen LogP contribution in [0.5, 0.6) is 0 Å². The molecule has 1 N–H and O–H groups in total. The standard InChI is InChI=1S/C19H16N4O3S/c1-12-10-13(23(25)26)6-7-16(12)21-18-17-15(5-2-8-20-17)19(24)22(18)11-14-4-3-9-27-14/h2-10,18,21H,11H2,1H3. The zero-order valence-electron chi connectivity index (χ0n) is 14.5. The Labute approximate surface area is 159 Å². The summed E-state index contributed by atoms with van der Waals surface area (Å²) in [4.78, 5) is 30.7. The molecule has 7 nitrogen and oxygen atoms in total. The molecular formula is C19H16N4O3S. The summed E-state index contributed by atoms with van der Waals surface area (Å²) in [5.41, 5.74) is 2.74. The SMILES string of the molecule is Cc1cc([N+](=O)[O-])ccc1NC1c2ncccc2C(=O)N1Cc1cccs1. The molecule has 0 aliphatic carbocycles. The van der Waals surface area contributed by atoms with Crippen molar-refractivity contribution in [2.75, 3.05) is 5.32 Å². The second kappa shape index (κ2) is 6.81. The van der Waals surface area contributed by atoms with Gasteiger partial charge in [0.05, 0.1) is 22.7 Å². The minimum absolute atomic E-state index is 0.0366. The Morgan fingerprint density at radius 1 is 1.30 bits per heavy atom. The number of nitrogens with one attached hydrogen (secondary N) is 1. The van der Waals surface area contributed by atoms with Gasteiger partial charge in [0.2, 0.25) is 0 Å². The number of rotatable bonds is 5. The normalized spacial score (nSPS) is 15.7. The van der Waals surface area contributed by atoms with E-state index in [1.54, 1.807) is 47.6 Å². The molecule has 136 valence electrons. The molecule has 0 radical (unpaired) electrons. The Balaban J connectivity index is 1.69. The highest BCUT2D eigenvalue weighted by Gasteiger charge is 2.38. The lowest BCUT2D eigenvalue weighted by atomic mass is 10.1. The van der Waals surface area contributed by atoms with E-state index in [1.807, 2.05) is 17.5 Å². The number of nitro benzene ring substituents is 1. The number of carbonyl (C=O) groups is 1. The Morgan fingerprint density at radius 3 is 2.85 bits per heavy atom. The fraction of sp³-hybridized carbons (Fsp3) is 0.158. The van der Waals surface area contributed by atoms with E-state index in [1.165, 1.54) is 12.1 Å². The zero-order valence-corrected chi connectivity index (χ0v) is 15.3. The highest BCUT2D eigenvalue weighted by Crippen LogP contribution is 2.35. The van der Waals surface area contributed by atoms with Crippen LogP contribution in [0.1, 0.15) is 32.7 Å². The molecule has 1 atom stereocenters. The first-order valence-corrected chi connectivity index (χ1v) is 9.22. The third kappa shape index (κ3) is 3.15. The van der Waals surface area contributed by atoms with Gasteiger partial charge in [-0.2, -0.15) is 0 Å². The lowest BCUT2D eigenvalue weighted by Gasteiger charge is -2.26. The van der Waals surface area contributed by atoms with Crippen LogP contribution in [-0.4, -0.2) is 20.7 Å². The topological polar surface area (TPSA) is 88.4 Å². The molecule has 1 aromatic carbocycles. The van der Waals surface area contributed by atoms with E-state index in [2.05, 4.69) is 10.3 Å². The monoisotopic (exact) mass is 380 g/mol. The van der Waals surface area contributed by atoms with Crippen LogP contribution in [0.25, 0.3) is 0 Å². The van der Waals surface area contributed by atoms with E-state index in [-0.39, 0.29) is 11.6 Å². The van der Waals surface area contributed by atoms with Crippen molar-refractivity contribution < 1.29 is 9.72 Å². The number of anilines is 1. The third-order valence-corrected chi connectivity index (χ3v) is 5.38. The quantitative estimate of drug-likeness (QED) is 0.531. The average Bonchev–Trinajstić information content (AvgIpc) is 3.26. The number of aromatic nitrogens is 1. The van der Waals surface area contributed by atoms with Crippen molar-refractivity contribution in [1.29, 1.82) is 0 Å². The van der Waals surface area contributed by atoms with Crippen LogP contribution in [0.4, 0.5) is 11.4 Å². The van der Waals surface area contributed by atoms with Gasteiger partial charge in [0.15, 0.2) is 0 Å². The van der Waals surface area contributed by atoms with Crippen LogP contribution in [-0.2, 0) is 6.54 Å². The molecule has 8 heteroatoms. The van der Waals surface area contributed by atoms with Gasteiger partial charge in [-0.1, -0.05) is 6.07 Å². The maximum atomic E-state index is 12.9. The molecule has 2 aromatic heterocycles. The van der Waals surface area contributed by atoms with Crippen molar-refractivity contribution in [3.8, 4) is 0 Å². The van der Waals surface area contributed by atoms with Gasteiger partial charge in [-0.3, -0.25) is 19.9 Å². The molecule has 3 heterocycles. The van der Waals surface area contributed by atoms with Crippen molar-refractivity contribution >= 4 is 28.6 Å². The number of nitro groups is 1. The van der Waals surface area contributed by atoms with Crippen molar-refractivity contribution in [3.63, 3.8) is 0 Å². The fourth-order valence-electron chi connectivity index (χ4n) is 3.19. The first-order valence-electron chi connectivity index (χ1n) is 8.34. The highest BCUT2D eigenvalue weighted by molar-refractivity contribution is 7.09. The van der Waals surface area contributed by atoms with Crippen LogP contribution in [0.2, 0.25) is 0 Å². The van der Waals surface area contributed by atoms with Gasteiger partial charge in [0, 0.05) is 28.9 Å². The summed E-state index contributed by atoms with van der Waals surface area (Å²) in [6.45, 7) is 2.27. The number of benzene rings is 1. The van der Waals surface area contributed by atoms with Crippen molar-refractivity contribution in [2.45, 2.75) is 19.6 Å². The Hall–Kier alpha value is -3.26. The molecule has 1 aliphatic heterocycles. The molecule has 1 amide bonds. The number of amides is 1. The molecule has 4 rings (SSSR count). The number of pyridine rings is 1.